The molecule has 0 aliphatic heterocycles. The van der Waals surface area contributed by atoms with Crippen LogP contribution in [0.1, 0.15) is 15.9 Å². The van der Waals surface area contributed by atoms with Crippen LogP contribution in [0.5, 0.6) is 0 Å². The Morgan fingerprint density at radius 1 is 1.18 bits per heavy atom. The molecule has 2 nitrogen and oxygen atoms in total. The topological polar surface area (TPSA) is 43.1 Å². The number of carbonyl (C=O) groups is 1. The minimum atomic E-state index is -0.467. The van der Waals surface area contributed by atoms with E-state index < -0.39 is 5.82 Å². The molecule has 0 aliphatic carbocycles. The Morgan fingerprint density at radius 2 is 1.94 bits per heavy atom. The molecule has 0 fully saturated rings. The van der Waals surface area contributed by atoms with Crippen molar-refractivity contribution in [3.63, 3.8) is 0 Å². The molecule has 0 bridgehead atoms. The van der Waals surface area contributed by atoms with E-state index in [2.05, 4.69) is 0 Å². The molecule has 17 heavy (non-hydrogen) atoms. The molecule has 0 amide bonds. The highest BCUT2D eigenvalue weighted by molar-refractivity contribution is 6.31. The third kappa shape index (κ3) is 2.45. The zero-order valence-corrected chi connectivity index (χ0v) is 9.54. The standard InChI is InChI=1S/C13H9ClFNO/c14-9-3-1-2-8(6-9)13(17)11-5-4-10(15)7-12(11)16/h1-7H,16H2. The van der Waals surface area contributed by atoms with Crippen molar-refractivity contribution in [3.05, 3.63) is 64.4 Å². The first kappa shape index (κ1) is 11.6. The zero-order valence-electron chi connectivity index (χ0n) is 8.78. The van der Waals surface area contributed by atoms with Gasteiger partial charge in [0.2, 0.25) is 0 Å². The summed E-state index contributed by atoms with van der Waals surface area (Å²) in [6.07, 6.45) is 0. The maximum atomic E-state index is 12.9. The van der Waals surface area contributed by atoms with E-state index in [-0.39, 0.29) is 17.0 Å². The van der Waals surface area contributed by atoms with Gasteiger partial charge in [0.25, 0.3) is 0 Å². The van der Waals surface area contributed by atoms with Crippen LogP contribution in [0, 0.1) is 5.82 Å². The van der Waals surface area contributed by atoms with Gasteiger partial charge in [-0.05, 0) is 30.3 Å². The van der Waals surface area contributed by atoms with E-state index in [1.165, 1.54) is 12.1 Å². The molecule has 0 atom stereocenters. The molecule has 0 heterocycles. The van der Waals surface area contributed by atoms with Crippen LogP contribution in [0.15, 0.2) is 42.5 Å². The Morgan fingerprint density at radius 3 is 2.59 bits per heavy atom. The predicted octanol–water partition coefficient (Wildman–Crippen LogP) is 3.29. The number of halogens is 2. The Bertz CT molecular complexity index is 583. The van der Waals surface area contributed by atoms with Crippen molar-refractivity contribution in [3.8, 4) is 0 Å². The van der Waals surface area contributed by atoms with Crippen LogP contribution in [-0.4, -0.2) is 5.78 Å². The molecule has 0 spiro atoms. The first-order valence-electron chi connectivity index (χ1n) is 4.93. The Balaban J connectivity index is 2.44. The number of hydrogen-bond acceptors (Lipinski definition) is 2. The fourth-order valence-corrected chi connectivity index (χ4v) is 1.72. The van der Waals surface area contributed by atoms with E-state index in [1.54, 1.807) is 24.3 Å². The molecule has 2 N–H and O–H groups in total. The van der Waals surface area contributed by atoms with Crippen LogP contribution in [0.2, 0.25) is 5.02 Å². The van der Waals surface area contributed by atoms with Crippen LogP contribution < -0.4 is 5.73 Å². The molecular formula is C13H9ClFNO. The first-order valence-corrected chi connectivity index (χ1v) is 5.31. The van der Waals surface area contributed by atoms with E-state index in [9.17, 15) is 9.18 Å². The molecule has 0 saturated heterocycles. The SMILES string of the molecule is Nc1cc(F)ccc1C(=O)c1cccc(Cl)c1. The van der Waals surface area contributed by atoms with Gasteiger partial charge in [0.15, 0.2) is 5.78 Å². The number of carbonyl (C=O) groups excluding carboxylic acids is 1. The van der Waals surface area contributed by atoms with Gasteiger partial charge < -0.3 is 5.73 Å². The largest absolute Gasteiger partial charge is 0.398 e. The van der Waals surface area contributed by atoms with Crippen molar-refractivity contribution in [2.24, 2.45) is 0 Å². The number of nitrogens with two attached hydrogens (primary N) is 1. The summed E-state index contributed by atoms with van der Waals surface area (Å²) in [5, 5.41) is 0.469. The summed E-state index contributed by atoms with van der Waals surface area (Å²) >= 11 is 5.80. The molecule has 2 aromatic rings. The van der Waals surface area contributed by atoms with Gasteiger partial charge in [0, 0.05) is 21.8 Å². The summed E-state index contributed by atoms with van der Waals surface area (Å²) < 4.78 is 12.9. The maximum Gasteiger partial charge on any atom is 0.195 e. The third-order valence-electron chi connectivity index (χ3n) is 2.35. The highest BCUT2D eigenvalue weighted by Gasteiger charge is 2.12. The first-order chi connectivity index (χ1) is 8.08. The van der Waals surface area contributed by atoms with Gasteiger partial charge in [0.1, 0.15) is 5.82 Å². The maximum absolute atomic E-state index is 12.9. The van der Waals surface area contributed by atoms with Crippen molar-refractivity contribution in [2.45, 2.75) is 0 Å². The van der Waals surface area contributed by atoms with Gasteiger partial charge in [-0.3, -0.25) is 4.79 Å². The van der Waals surface area contributed by atoms with Crippen molar-refractivity contribution < 1.29 is 9.18 Å². The summed E-state index contributed by atoms with van der Waals surface area (Å²) in [4.78, 5) is 12.1. The van der Waals surface area contributed by atoms with Crippen LogP contribution in [-0.2, 0) is 0 Å². The van der Waals surface area contributed by atoms with Crippen LogP contribution >= 0.6 is 11.6 Å². The fourth-order valence-electron chi connectivity index (χ4n) is 1.53. The minimum Gasteiger partial charge on any atom is -0.398 e. The molecule has 0 aliphatic rings. The minimum absolute atomic E-state index is 0.120. The third-order valence-corrected chi connectivity index (χ3v) is 2.58. The molecule has 2 aromatic carbocycles. The van der Waals surface area contributed by atoms with Gasteiger partial charge >= 0.3 is 0 Å². The second kappa shape index (κ2) is 4.55. The lowest BCUT2D eigenvalue weighted by molar-refractivity contribution is 0.103. The van der Waals surface area contributed by atoms with Crippen molar-refractivity contribution in [2.75, 3.05) is 5.73 Å². The summed E-state index contributed by atoms with van der Waals surface area (Å²) in [5.74, 6) is -0.741. The lowest BCUT2D eigenvalue weighted by Gasteiger charge is -2.05. The lowest BCUT2D eigenvalue weighted by Crippen LogP contribution is -2.05. The van der Waals surface area contributed by atoms with Gasteiger partial charge in [-0.1, -0.05) is 23.7 Å². The van der Waals surface area contributed by atoms with E-state index in [1.807, 2.05) is 0 Å². The van der Waals surface area contributed by atoms with Crippen molar-refractivity contribution in [1.29, 1.82) is 0 Å². The second-order valence-electron chi connectivity index (χ2n) is 3.57. The quantitative estimate of drug-likeness (QED) is 0.656. The van der Waals surface area contributed by atoms with E-state index in [0.29, 0.717) is 10.6 Å². The Labute approximate surface area is 103 Å². The number of anilines is 1. The summed E-state index contributed by atoms with van der Waals surface area (Å²) in [6.45, 7) is 0. The highest BCUT2D eigenvalue weighted by atomic mass is 35.5. The molecule has 0 aromatic heterocycles. The van der Waals surface area contributed by atoms with Gasteiger partial charge in [0.05, 0.1) is 0 Å². The van der Waals surface area contributed by atoms with E-state index in [4.69, 9.17) is 17.3 Å². The molecule has 0 radical (unpaired) electrons. The van der Waals surface area contributed by atoms with Gasteiger partial charge in [-0.25, -0.2) is 4.39 Å². The highest BCUT2D eigenvalue weighted by Crippen LogP contribution is 2.19. The summed E-state index contributed by atoms with van der Waals surface area (Å²) in [5.41, 5.74) is 6.42. The lowest BCUT2D eigenvalue weighted by atomic mass is 10.0. The molecule has 0 unspecified atom stereocenters. The molecule has 4 heteroatoms. The normalized spacial score (nSPS) is 10.2. The summed E-state index contributed by atoms with van der Waals surface area (Å²) in [7, 11) is 0. The fraction of sp³-hybridized carbons (Fsp3) is 0. The Hall–Kier alpha value is -1.87. The molecule has 2 rings (SSSR count). The van der Waals surface area contributed by atoms with Gasteiger partial charge in [-0.15, -0.1) is 0 Å². The van der Waals surface area contributed by atoms with Gasteiger partial charge in [-0.2, -0.15) is 0 Å². The molecule has 86 valence electrons. The number of rotatable bonds is 2. The van der Waals surface area contributed by atoms with E-state index in [0.717, 1.165) is 6.07 Å². The number of ketones is 1. The zero-order chi connectivity index (χ0) is 12.4. The van der Waals surface area contributed by atoms with Crippen LogP contribution in [0.4, 0.5) is 10.1 Å². The molecular weight excluding hydrogens is 241 g/mol. The monoisotopic (exact) mass is 249 g/mol. The molecule has 0 saturated carbocycles. The van der Waals surface area contributed by atoms with Crippen molar-refractivity contribution in [1.82, 2.24) is 0 Å². The van der Waals surface area contributed by atoms with Crippen LogP contribution in [0.3, 0.4) is 0 Å². The Kier molecular flexibility index (Phi) is 3.11. The van der Waals surface area contributed by atoms with Crippen molar-refractivity contribution >= 4 is 23.1 Å². The van der Waals surface area contributed by atoms with E-state index >= 15 is 0 Å². The smallest absolute Gasteiger partial charge is 0.195 e. The second-order valence-corrected chi connectivity index (χ2v) is 4.01. The average Bonchev–Trinajstić information content (AvgIpc) is 2.28. The van der Waals surface area contributed by atoms with Crippen LogP contribution in [0.25, 0.3) is 0 Å². The number of benzene rings is 2. The average molecular weight is 250 g/mol. The number of nitrogen functional groups attached to an aromatic ring is 1. The predicted molar refractivity (Wildman–Crippen MR) is 65.7 cm³/mol. The number of hydrogen-bond donors (Lipinski definition) is 1. The summed E-state index contributed by atoms with van der Waals surface area (Å²) in [6, 6.07) is 10.2.